The molecule has 4 fully saturated rings. The fourth-order valence-electron chi connectivity index (χ4n) is 5.37. The monoisotopic (exact) mass is 650 g/mol. The number of aliphatic hydroxyl groups excluding tert-OH is 13. The molecule has 0 aliphatic carbocycles. The summed E-state index contributed by atoms with van der Waals surface area (Å²) in [5, 5.41) is 132. The van der Waals surface area contributed by atoms with Crippen LogP contribution in [0, 0.1) is 0 Å². The molecule has 20 heteroatoms. The fourth-order valence-corrected chi connectivity index (χ4v) is 5.37. The summed E-state index contributed by atoms with van der Waals surface area (Å²) in [7, 11) is 0. The first-order valence-electron chi connectivity index (χ1n) is 14.0. The summed E-state index contributed by atoms with van der Waals surface area (Å²) in [5.41, 5.74) is 0. The van der Waals surface area contributed by atoms with Crippen molar-refractivity contribution in [2.45, 2.75) is 130 Å². The molecule has 13 N–H and O–H groups in total. The van der Waals surface area contributed by atoms with Gasteiger partial charge in [-0.1, -0.05) is 0 Å². The molecule has 20 nitrogen and oxygen atoms in total. The smallest absolute Gasteiger partial charge is 0.187 e. The summed E-state index contributed by atoms with van der Waals surface area (Å²) in [4.78, 5) is 0. The van der Waals surface area contributed by atoms with E-state index in [1.165, 1.54) is 6.92 Å². The number of hydrogen-bond acceptors (Lipinski definition) is 20. The summed E-state index contributed by atoms with van der Waals surface area (Å²) in [5.74, 6) is 0. The van der Waals surface area contributed by atoms with Crippen molar-refractivity contribution in [3.05, 3.63) is 0 Å². The highest BCUT2D eigenvalue weighted by atomic mass is 16.8. The minimum atomic E-state index is -2.05. The second-order valence-electron chi connectivity index (χ2n) is 11.2. The predicted octanol–water partition coefficient (Wildman–Crippen LogP) is -8.72. The molecule has 1 unspecified atom stereocenters. The van der Waals surface area contributed by atoms with E-state index < -0.39 is 143 Å². The lowest BCUT2D eigenvalue weighted by atomic mass is 9.96. The van der Waals surface area contributed by atoms with Crippen LogP contribution < -0.4 is 0 Å². The normalized spacial score (nSPS) is 53.9. The molecule has 0 radical (unpaired) electrons. The Kier molecular flexibility index (Phi) is 12.3. The number of ether oxygens (including phenoxy) is 7. The molecule has 4 aliphatic rings. The first-order valence-corrected chi connectivity index (χ1v) is 14.0. The van der Waals surface area contributed by atoms with Gasteiger partial charge in [-0.25, -0.2) is 0 Å². The van der Waals surface area contributed by atoms with Crippen molar-refractivity contribution in [3.8, 4) is 0 Å². The van der Waals surface area contributed by atoms with Crippen molar-refractivity contribution in [3.63, 3.8) is 0 Å². The Morgan fingerprint density at radius 2 is 0.909 bits per heavy atom. The molecular formula is C24H42O20. The van der Waals surface area contributed by atoms with Gasteiger partial charge in [0.05, 0.1) is 25.9 Å². The van der Waals surface area contributed by atoms with Crippen LogP contribution in [-0.2, 0) is 33.2 Å². The highest BCUT2D eigenvalue weighted by Crippen LogP contribution is 2.33. The van der Waals surface area contributed by atoms with Gasteiger partial charge in [0.15, 0.2) is 25.2 Å². The van der Waals surface area contributed by atoms with Gasteiger partial charge in [0.25, 0.3) is 0 Å². The minimum Gasteiger partial charge on any atom is -0.394 e. The van der Waals surface area contributed by atoms with Crippen molar-refractivity contribution < 1.29 is 99.5 Å². The summed E-state index contributed by atoms with van der Waals surface area (Å²) in [6.07, 6.45) is -34.1. The average molecular weight is 651 g/mol. The molecule has 44 heavy (non-hydrogen) atoms. The molecule has 0 amide bonds. The summed E-state index contributed by atoms with van der Waals surface area (Å²) >= 11 is 0. The van der Waals surface area contributed by atoms with Crippen LogP contribution in [0.5, 0.6) is 0 Å². The quantitative estimate of drug-likeness (QED) is 0.110. The van der Waals surface area contributed by atoms with Crippen LogP contribution in [0.2, 0.25) is 0 Å². The standard InChI is InChI=1S/C24H42O20/c1-5-9(27)12(30)16(34)23(39-5)43-19-8(4-38-22-15(33)13(31)10(28)6(2-25)41-22)40-21(37)20(18(19)36)44-24-17(35)14(32)11(29)7(3-26)42-24/h5-37H,2-4H2,1H3/t5-,6+,7+,8+,9-,10+,11+,12-,13-,14-,15+,16+,17+,18-,19+,20+,21?,22+,23-,24-/m0/s1. The zero-order chi connectivity index (χ0) is 32.6. The second kappa shape index (κ2) is 15.0. The molecule has 20 atom stereocenters. The molecule has 0 aromatic carbocycles. The largest absolute Gasteiger partial charge is 0.394 e. The minimum absolute atomic E-state index is 0.697. The van der Waals surface area contributed by atoms with Gasteiger partial charge in [0.2, 0.25) is 0 Å². The van der Waals surface area contributed by atoms with E-state index in [9.17, 15) is 66.4 Å². The Bertz CT molecular complexity index is 896. The average Bonchev–Trinajstić information content (AvgIpc) is 3.00. The molecule has 4 saturated heterocycles. The van der Waals surface area contributed by atoms with Crippen LogP contribution in [0.4, 0.5) is 0 Å². The van der Waals surface area contributed by atoms with Crippen LogP contribution in [0.3, 0.4) is 0 Å². The van der Waals surface area contributed by atoms with E-state index in [4.69, 9.17) is 33.2 Å². The van der Waals surface area contributed by atoms with Crippen LogP contribution >= 0.6 is 0 Å². The van der Waals surface area contributed by atoms with Crippen LogP contribution in [0.1, 0.15) is 6.92 Å². The Morgan fingerprint density at radius 3 is 1.45 bits per heavy atom. The van der Waals surface area contributed by atoms with Crippen molar-refractivity contribution in [2.24, 2.45) is 0 Å². The first-order chi connectivity index (χ1) is 20.7. The van der Waals surface area contributed by atoms with Crippen LogP contribution in [0.25, 0.3) is 0 Å². The molecule has 0 bridgehead atoms. The molecule has 4 rings (SSSR count). The van der Waals surface area contributed by atoms with E-state index >= 15 is 0 Å². The number of aliphatic hydroxyl groups is 13. The molecule has 4 aliphatic heterocycles. The number of hydrogen-bond donors (Lipinski definition) is 13. The van der Waals surface area contributed by atoms with Gasteiger partial charge in [-0.05, 0) is 6.92 Å². The van der Waals surface area contributed by atoms with Gasteiger partial charge in [0.1, 0.15) is 91.6 Å². The summed E-state index contributed by atoms with van der Waals surface area (Å²) in [6, 6.07) is 0. The molecular weight excluding hydrogens is 608 g/mol. The van der Waals surface area contributed by atoms with Crippen LogP contribution in [-0.4, -0.2) is 209 Å². The van der Waals surface area contributed by atoms with Crippen molar-refractivity contribution in [1.82, 2.24) is 0 Å². The third-order valence-electron chi connectivity index (χ3n) is 8.15. The topological polar surface area (TPSA) is 328 Å². The van der Waals surface area contributed by atoms with E-state index in [2.05, 4.69) is 0 Å². The lowest BCUT2D eigenvalue weighted by Gasteiger charge is -2.48. The molecule has 4 heterocycles. The maximum Gasteiger partial charge on any atom is 0.187 e. The molecule has 0 aromatic rings. The Morgan fingerprint density at radius 1 is 0.455 bits per heavy atom. The van der Waals surface area contributed by atoms with Crippen molar-refractivity contribution in [2.75, 3.05) is 19.8 Å². The maximum absolute atomic E-state index is 11.3. The third kappa shape index (κ3) is 7.19. The summed E-state index contributed by atoms with van der Waals surface area (Å²) < 4.78 is 38.2. The predicted molar refractivity (Wildman–Crippen MR) is 132 cm³/mol. The zero-order valence-corrected chi connectivity index (χ0v) is 23.3. The maximum atomic E-state index is 11.3. The van der Waals surface area contributed by atoms with E-state index in [-0.39, 0.29) is 0 Å². The molecule has 0 aromatic heterocycles. The third-order valence-corrected chi connectivity index (χ3v) is 8.15. The van der Waals surface area contributed by atoms with Crippen LogP contribution in [0.15, 0.2) is 0 Å². The van der Waals surface area contributed by atoms with E-state index in [1.807, 2.05) is 0 Å². The molecule has 0 saturated carbocycles. The van der Waals surface area contributed by atoms with Gasteiger partial charge in [-0.2, -0.15) is 0 Å². The lowest BCUT2D eigenvalue weighted by molar-refractivity contribution is -0.386. The molecule has 0 spiro atoms. The summed E-state index contributed by atoms with van der Waals surface area (Å²) in [6.45, 7) is -0.895. The van der Waals surface area contributed by atoms with Crippen molar-refractivity contribution in [1.29, 1.82) is 0 Å². The highest BCUT2D eigenvalue weighted by Gasteiger charge is 2.54. The Labute approximate surface area is 249 Å². The van der Waals surface area contributed by atoms with Gasteiger partial charge >= 0.3 is 0 Å². The first kappa shape index (κ1) is 36.0. The van der Waals surface area contributed by atoms with E-state index in [1.54, 1.807) is 0 Å². The molecule has 258 valence electrons. The number of rotatable bonds is 9. The highest BCUT2D eigenvalue weighted by molar-refractivity contribution is 4.96. The van der Waals surface area contributed by atoms with Gasteiger partial charge in [-0.3, -0.25) is 0 Å². The zero-order valence-electron chi connectivity index (χ0n) is 23.3. The Hall–Kier alpha value is -0.800. The van der Waals surface area contributed by atoms with E-state index in [0.717, 1.165) is 0 Å². The van der Waals surface area contributed by atoms with Crippen molar-refractivity contribution >= 4 is 0 Å². The SMILES string of the molecule is C[C@@H]1O[C@@H](O[C@H]2[C@H](O)[C@@H](O[C@@H]3O[C@H](CO)[C@@H](O)[C@H](O)[C@H]3O)C(O)O[C@@H]2CO[C@@H]2O[C@H](CO)[C@@H](O)[C@H](O)[C@H]2O)[C@H](O)[C@@H](O)[C@H]1O. The van der Waals surface area contributed by atoms with E-state index in [0.29, 0.717) is 0 Å². The van der Waals surface area contributed by atoms with Gasteiger partial charge < -0.3 is 99.5 Å². The second-order valence-corrected chi connectivity index (χ2v) is 11.2. The van der Waals surface area contributed by atoms with Gasteiger partial charge in [0, 0.05) is 0 Å². The Balaban J connectivity index is 1.54. The lowest BCUT2D eigenvalue weighted by Crippen LogP contribution is -2.66. The van der Waals surface area contributed by atoms with Gasteiger partial charge in [-0.15, -0.1) is 0 Å². The fraction of sp³-hybridized carbons (Fsp3) is 1.00.